The summed E-state index contributed by atoms with van der Waals surface area (Å²) in [6.45, 7) is 7.33. The van der Waals surface area contributed by atoms with Crippen molar-refractivity contribution in [2.45, 2.75) is 45.4 Å². The Balaban J connectivity index is 1.56. The van der Waals surface area contributed by atoms with Crippen LogP contribution in [0.25, 0.3) is 0 Å². The van der Waals surface area contributed by atoms with Crippen LogP contribution in [0.4, 0.5) is 0 Å². The van der Waals surface area contributed by atoms with E-state index in [1.165, 1.54) is 11.1 Å². The zero-order valence-electron chi connectivity index (χ0n) is 13.7. The fourth-order valence-electron chi connectivity index (χ4n) is 3.12. The Kier molecular flexibility index (Phi) is 4.21. The van der Waals surface area contributed by atoms with E-state index in [0.29, 0.717) is 0 Å². The molecule has 0 radical (unpaired) electrons. The number of imidazole rings is 1. The lowest BCUT2D eigenvalue weighted by atomic mass is 10.0. The van der Waals surface area contributed by atoms with Gasteiger partial charge in [-0.1, -0.05) is 18.2 Å². The van der Waals surface area contributed by atoms with Gasteiger partial charge in [-0.3, -0.25) is 0 Å². The average molecular weight is 299 g/mol. The van der Waals surface area contributed by atoms with Crippen molar-refractivity contribution < 1.29 is 4.74 Å². The Morgan fingerprint density at radius 2 is 2.23 bits per heavy atom. The quantitative estimate of drug-likeness (QED) is 0.821. The van der Waals surface area contributed by atoms with Gasteiger partial charge in [-0.15, -0.1) is 0 Å². The van der Waals surface area contributed by atoms with E-state index in [-0.39, 0.29) is 5.60 Å². The SMILES string of the molecule is CN(CCCn1ccnc1)Cc1cccc2c1OC(C)(C)C2. The monoisotopic (exact) mass is 299 g/mol. The second-order valence-electron chi connectivity index (χ2n) is 6.84. The Hall–Kier alpha value is -1.81. The summed E-state index contributed by atoms with van der Waals surface area (Å²) >= 11 is 0. The smallest absolute Gasteiger partial charge is 0.127 e. The summed E-state index contributed by atoms with van der Waals surface area (Å²) < 4.78 is 8.28. The standard InChI is InChI=1S/C18H25N3O/c1-18(2)12-15-6-4-7-16(17(15)22-18)13-20(3)9-5-10-21-11-8-19-14-21/h4,6-8,11,14H,5,9-10,12-13H2,1-3H3. The van der Waals surface area contributed by atoms with Crippen LogP contribution in [0.1, 0.15) is 31.4 Å². The predicted octanol–water partition coefficient (Wildman–Crippen LogP) is 3.12. The molecule has 2 aromatic rings. The highest BCUT2D eigenvalue weighted by Crippen LogP contribution is 2.37. The van der Waals surface area contributed by atoms with E-state index < -0.39 is 0 Å². The minimum Gasteiger partial charge on any atom is -0.487 e. The van der Waals surface area contributed by atoms with Gasteiger partial charge in [0.2, 0.25) is 0 Å². The van der Waals surface area contributed by atoms with Gasteiger partial charge in [0.1, 0.15) is 11.4 Å². The first-order chi connectivity index (χ1) is 10.5. The van der Waals surface area contributed by atoms with E-state index in [4.69, 9.17) is 4.74 Å². The molecule has 0 spiro atoms. The number of aryl methyl sites for hydroxylation is 1. The molecule has 0 bridgehead atoms. The lowest BCUT2D eigenvalue weighted by Crippen LogP contribution is -2.25. The van der Waals surface area contributed by atoms with E-state index >= 15 is 0 Å². The number of nitrogens with zero attached hydrogens (tertiary/aromatic N) is 3. The van der Waals surface area contributed by atoms with Crippen molar-refractivity contribution in [2.75, 3.05) is 13.6 Å². The fraction of sp³-hybridized carbons (Fsp3) is 0.500. The van der Waals surface area contributed by atoms with Gasteiger partial charge in [-0.25, -0.2) is 4.98 Å². The number of aromatic nitrogens is 2. The summed E-state index contributed by atoms with van der Waals surface area (Å²) in [4.78, 5) is 6.44. The summed E-state index contributed by atoms with van der Waals surface area (Å²) in [7, 11) is 2.17. The molecule has 3 rings (SSSR count). The maximum Gasteiger partial charge on any atom is 0.127 e. The number of hydrogen-bond acceptors (Lipinski definition) is 3. The van der Waals surface area contributed by atoms with Crippen molar-refractivity contribution in [3.63, 3.8) is 0 Å². The Morgan fingerprint density at radius 3 is 3.00 bits per heavy atom. The Labute approximate surface area is 132 Å². The molecular formula is C18H25N3O. The molecular weight excluding hydrogens is 274 g/mol. The van der Waals surface area contributed by atoms with Crippen LogP contribution in [0.5, 0.6) is 5.75 Å². The number of fused-ring (bicyclic) bond motifs is 1. The number of rotatable bonds is 6. The summed E-state index contributed by atoms with van der Waals surface area (Å²) in [6, 6.07) is 6.53. The first kappa shape index (κ1) is 15.1. The normalized spacial score (nSPS) is 15.8. The highest BCUT2D eigenvalue weighted by molar-refractivity contribution is 5.45. The summed E-state index contributed by atoms with van der Waals surface area (Å²) in [5, 5.41) is 0. The topological polar surface area (TPSA) is 30.3 Å². The molecule has 0 N–H and O–H groups in total. The average Bonchev–Trinajstić information content (AvgIpc) is 3.05. The molecule has 0 aliphatic carbocycles. The number of hydrogen-bond donors (Lipinski definition) is 0. The molecule has 1 aliphatic heterocycles. The van der Waals surface area contributed by atoms with Crippen LogP contribution in [0.15, 0.2) is 36.9 Å². The highest BCUT2D eigenvalue weighted by Gasteiger charge is 2.31. The van der Waals surface area contributed by atoms with Gasteiger partial charge >= 0.3 is 0 Å². The van der Waals surface area contributed by atoms with Crippen LogP contribution in [-0.2, 0) is 19.5 Å². The minimum atomic E-state index is -0.0710. The van der Waals surface area contributed by atoms with Crippen molar-refractivity contribution in [3.05, 3.63) is 48.0 Å². The lowest BCUT2D eigenvalue weighted by Gasteiger charge is -2.21. The zero-order chi connectivity index (χ0) is 15.6. The first-order valence-electron chi connectivity index (χ1n) is 7.97. The van der Waals surface area contributed by atoms with E-state index in [1.807, 2.05) is 18.7 Å². The molecule has 1 aliphatic rings. The molecule has 0 amide bonds. The van der Waals surface area contributed by atoms with Crippen LogP contribution >= 0.6 is 0 Å². The van der Waals surface area contributed by atoms with Crippen LogP contribution in [0, 0.1) is 0 Å². The maximum absolute atomic E-state index is 6.15. The zero-order valence-corrected chi connectivity index (χ0v) is 13.7. The second kappa shape index (κ2) is 6.13. The van der Waals surface area contributed by atoms with E-state index in [0.717, 1.165) is 38.2 Å². The molecule has 118 valence electrons. The fourth-order valence-corrected chi connectivity index (χ4v) is 3.12. The van der Waals surface area contributed by atoms with E-state index in [2.05, 4.69) is 53.5 Å². The van der Waals surface area contributed by atoms with Gasteiger partial charge in [0.25, 0.3) is 0 Å². The molecule has 0 saturated heterocycles. The van der Waals surface area contributed by atoms with E-state index in [9.17, 15) is 0 Å². The molecule has 4 nitrogen and oxygen atoms in total. The van der Waals surface area contributed by atoms with Crippen LogP contribution in [0.3, 0.4) is 0 Å². The maximum atomic E-state index is 6.15. The molecule has 1 aromatic carbocycles. The molecule has 0 fully saturated rings. The highest BCUT2D eigenvalue weighted by atomic mass is 16.5. The van der Waals surface area contributed by atoms with Crippen LogP contribution in [-0.4, -0.2) is 33.6 Å². The van der Waals surface area contributed by atoms with Gasteiger partial charge in [0, 0.05) is 37.5 Å². The van der Waals surface area contributed by atoms with Gasteiger partial charge in [-0.2, -0.15) is 0 Å². The lowest BCUT2D eigenvalue weighted by molar-refractivity contribution is 0.136. The number of ether oxygens (including phenoxy) is 1. The molecule has 0 saturated carbocycles. The van der Waals surface area contributed by atoms with Gasteiger partial charge in [0.15, 0.2) is 0 Å². The van der Waals surface area contributed by atoms with Crippen LogP contribution in [0.2, 0.25) is 0 Å². The Morgan fingerprint density at radius 1 is 1.36 bits per heavy atom. The largest absolute Gasteiger partial charge is 0.487 e. The van der Waals surface area contributed by atoms with Crippen molar-refractivity contribution in [1.29, 1.82) is 0 Å². The summed E-state index contributed by atoms with van der Waals surface area (Å²) in [5.74, 6) is 1.11. The third kappa shape index (κ3) is 3.50. The third-order valence-corrected chi connectivity index (χ3v) is 4.13. The van der Waals surface area contributed by atoms with E-state index in [1.54, 1.807) is 0 Å². The molecule has 22 heavy (non-hydrogen) atoms. The van der Waals surface area contributed by atoms with Crippen molar-refractivity contribution >= 4 is 0 Å². The molecule has 2 heterocycles. The third-order valence-electron chi connectivity index (χ3n) is 4.13. The van der Waals surface area contributed by atoms with Crippen molar-refractivity contribution in [1.82, 2.24) is 14.5 Å². The molecule has 4 heteroatoms. The molecule has 0 unspecified atom stereocenters. The number of para-hydroxylation sites is 1. The first-order valence-corrected chi connectivity index (χ1v) is 7.97. The summed E-state index contributed by atoms with van der Waals surface area (Å²) in [6.07, 6.45) is 7.84. The molecule has 1 aromatic heterocycles. The second-order valence-corrected chi connectivity index (χ2v) is 6.84. The predicted molar refractivity (Wildman–Crippen MR) is 88.0 cm³/mol. The van der Waals surface area contributed by atoms with Crippen molar-refractivity contribution in [3.8, 4) is 5.75 Å². The molecule has 0 atom stereocenters. The number of benzene rings is 1. The van der Waals surface area contributed by atoms with Crippen LogP contribution < -0.4 is 4.74 Å². The minimum absolute atomic E-state index is 0.0710. The van der Waals surface area contributed by atoms with Gasteiger partial charge in [-0.05, 0) is 39.4 Å². The van der Waals surface area contributed by atoms with Gasteiger partial charge in [0.05, 0.1) is 6.33 Å². The van der Waals surface area contributed by atoms with Gasteiger partial charge < -0.3 is 14.2 Å². The summed E-state index contributed by atoms with van der Waals surface area (Å²) in [5.41, 5.74) is 2.57. The van der Waals surface area contributed by atoms with Crippen molar-refractivity contribution in [2.24, 2.45) is 0 Å². The Bertz CT molecular complexity index is 619.